The van der Waals surface area contributed by atoms with Crippen LogP contribution in [0.1, 0.15) is 34.6 Å². The molecule has 0 unspecified atom stereocenters. The summed E-state index contributed by atoms with van der Waals surface area (Å²) >= 11 is 0. The van der Waals surface area contributed by atoms with Crippen molar-refractivity contribution in [3.05, 3.63) is 57.5 Å². The van der Waals surface area contributed by atoms with E-state index in [1.807, 2.05) is 9.80 Å². The fraction of sp³-hybridized carbons (Fsp3) is 0.478. The molecule has 4 rings (SSSR count). The van der Waals surface area contributed by atoms with Gasteiger partial charge in [-0.15, -0.1) is 0 Å². The predicted octanol–water partition coefficient (Wildman–Crippen LogP) is 1.94. The molecule has 2 aliphatic heterocycles. The number of amides is 2. The second-order valence-corrected chi connectivity index (χ2v) is 8.61. The van der Waals surface area contributed by atoms with E-state index in [9.17, 15) is 27.6 Å². The fourth-order valence-electron chi connectivity index (χ4n) is 4.29. The van der Waals surface area contributed by atoms with E-state index in [4.69, 9.17) is 0 Å². The van der Waals surface area contributed by atoms with E-state index in [0.717, 1.165) is 38.1 Å². The Balaban J connectivity index is 1.48. The molecule has 2 fully saturated rings. The maximum absolute atomic E-state index is 13.1. The molecule has 1 aromatic carbocycles. The highest BCUT2D eigenvalue weighted by atomic mass is 19.4. The van der Waals surface area contributed by atoms with Crippen LogP contribution in [0, 0.1) is 6.92 Å². The van der Waals surface area contributed by atoms with Gasteiger partial charge in [-0.1, -0.05) is 6.07 Å². The van der Waals surface area contributed by atoms with Crippen LogP contribution in [0.15, 0.2) is 35.1 Å². The van der Waals surface area contributed by atoms with E-state index >= 15 is 0 Å². The van der Waals surface area contributed by atoms with Gasteiger partial charge in [-0.25, -0.2) is 4.68 Å². The summed E-state index contributed by atoms with van der Waals surface area (Å²) in [5.41, 5.74) is -1.36. The summed E-state index contributed by atoms with van der Waals surface area (Å²) in [4.78, 5) is 43.3. The third-order valence-corrected chi connectivity index (χ3v) is 6.21. The van der Waals surface area contributed by atoms with Crippen LogP contribution in [-0.2, 0) is 11.0 Å². The van der Waals surface area contributed by atoms with Crippen LogP contribution in [0.3, 0.4) is 0 Å². The van der Waals surface area contributed by atoms with Gasteiger partial charge in [0.05, 0.1) is 17.8 Å². The molecule has 1 aromatic heterocycles. The van der Waals surface area contributed by atoms with Crippen molar-refractivity contribution in [2.24, 2.45) is 0 Å². The van der Waals surface area contributed by atoms with Gasteiger partial charge in [0.1, 0.15) is 0 Å². The molecule has 3 heterocycles. The average Bonchev–Trinajstić information content (AvgIpc) is 3.34. The quantitative estimate of drug-likeness (QED) is 0.673. The number of benzene rings is 1. The van der Waals surface area contributed by atoms with Gasteiger partial charge >= 0.3 is 6.18 Å². The largest absolute Gasteiger partial charge is 0.416 e. The molecule has 2 aromatic rings. The summed E-state index contributed by atoms with van der Waals surface area (Å²) in [6, 6.07) is 5.76. The number of carbonyl (C=O) groups is 2. The molecule has 0 spiro atoms. The van der Waals surface area contributed by atoms with Crippen LogP contribution in [0.5, 0.6) is 0 Å². The number of hydrogen-bond acceptors (Lipinski definition) is 5. The lowest BCUT2D eigenvalue weighted by Gasteiger charge is -2.34. The molecule has 2 saturated heterocycles. The van der Waals surface area contributed by atoms with E-state index < -0.39 is 23.1 Å². The summed E-state index contributed by atoms with van der Waals surface area (Å²) in [7, 11) is 0. The van der Waals surface area contributed by atoms with Crippen LogP contribution in [0.25, 0.3) is 5.69 Å². The number of hydrogen-bond donors (Lipinski definition) is 0. The van der Waals surface area contributed by atoms with E-state index in [0.29, 0.717) is 38.4 Å². The number of halogens is 3. The summed E-state index contributed by atoms with van der Waals surface area (Å²) < 4.78 is 40.6. The van der Waals surface area contributed by atoms with Crippen molar-refractivity contribution in [1.29, 1.82) is 0 Å². The number of likely N-dealkylation sites (tertiary alicyclic amines) is 1. The molecule has 8 nitrogen and oxygen atoms in total. The van der Waals surface area contributed by atoms with E-state index in [-0.39, 0.29) is 17.3 Å². The number of piperazine rings is 1. The summed E-state index contributed by atoms with van der Waals surface area (Å²) in [6.07, 6.45) is -2.48. The fourth-order valence-corrected chi connectivity index (χ4v) is 4.29. The van der Waals surface area contributed by atoms with Gasteiger partial charge in [-0.3, -0.25) is 19.3 Å². The molecular weight excluding hydrogens is 451 g/mol. The van der Waals surface area contributed by atoms with Crippen molar-refractivity contribution in [1.82, 2.24) is 24.5 Å². The molecule has 182 valence electrons. The molecule has 11 heteroatoms. The lowest BCUT2D eigenvalue weighted by molar-refractivity contribution is -0.137. The molecule has 0 radical (unpaired) electrons. The summed E-state index contributed by atoms with van der Waals surface area (Å²) in [5.74, 6) is -0.488. The zero-order valence-corrected chi connectivity index (χ0v) is 18.8. The Kier molecular flexibility index (Phi) is 6.74. The van der Waals surface area contributed by atoms with Gasteiger partial charge in [0.15, 0.2) is 5.69 Å². The zero-order chi connectivity index (χ0) is 24.5. The Hall–Kier alpha value is -3.21. The number of aromatic nitrogens is 2. The van der Waals surface area contributed by atoms with Gasteiger partial charge in [-0.05, 0) is 38.0 Å². The number of carbonyl (C=O) groups excluding carboxylic acids is 2. The average molecular weight is 477 g/mol. The Labute approximate surface area is 194 Å². The van der Waals surface area contributed by atoms with E-state index in [2.05, 4.69) is 5.10 Å². The van der Waals surface area contributed by atoms with Crippen molar-refractivity contribution in [2.45, 2.75) is 25.9 Å². The Bertz CT molecular complexity index is 1130. The minimum absolute atomic E-state index is 0.0847. The number of aryl methyl sites for hydroxylation is 1. The molecule has 0 saturated carbocycles. The second-order valence-electron chi connectivity index (χ2n) is 8.61. The van der Waals surface area contributed by atoms with Gasteiger partial charge in [0, 0.05) is 51.0 Å². The SMILES string of the molecule is Cc1cc(=O)c(C(=O)N2CCN(CC(=O)N3CCCC3)CC2)nn1-c1cccc(C(F)(F)F)c1. The van der Waals surface area contributed by atoms with Crippen molar-refractivity contribution in [3.8, 4) is 5.69 Å². The van der Waals surface area contributed by atoms with E-state index in [1.165, 1.54) is 27.8 Å². The van der Waals surface area contributed by atoms with Crippen LogP contribution in [-0.4, -0.2) is 82.1 Å². The first-order chi connectivity index (χ1) is 16.1. The molecule has 0 atom stereocenters. The number of nitrogens with zero attached hydrogens (tertiary/aromatic N) is 5. The topological polar surface area (TPSA) is 78.8 Å². The van der Waals surface area contributed by atoms with Crippen molar-refractivity contribution in [3.63, 3.8) is 0 Å². The van der Waals surface area contributed by atoms with Gasteiger partial charge in [-0.2, -0.15) is 18.3 Å². The van der Waals surface area contributed by atoms with Crippen LogP contribution < -0.4 is 5.43 Å². The first-order valence-electron chi connectivity index (χ1n) is 11.2. The van der Waals surface area contributed by atoms with Crippen LogP contribution in [0.4, 0.5) is 13.2 Å². The Morgan fingerprint density at radius 2 is 1.65 bits per heavy atom. The molecule has 34 heavy (non-hydrogen) atoms. The van der Waals surface area contributed by atoms with Crippen molar-refractivity contribution < 1.29 is 22.8 Å². The third-order valence-electron chi connectivity index (χ3n) is 6.21. The molecular formula is C23H26F3N5O3. The minimum atomic E-state index is -4.53. The van der Waals surface area contributed by atoms with Gasteiger partial charge in [0.2, 0.25) is 11.3 Å². The van der Waals surface area contributed by atoms with Crippen molar-refractivity contribution >= 4 is 11.8 Å². The predicted molar refractivity (Wildman–Crippen MR) is 118 cm³/mol. The molecule has 0 N–H and O–H groups in total. The lowest BCUT2D eigenvalue weighted by atomic mass is 10.2. The minimum Gasteiger partial charge on any atom is -0.342 e. The van der Waals surface area contributed by atoms with Crippen LogP contribution >= 0.6 is 0 Å². The molecule has 2 aliphatic rings. The highest BCUT2D eigenvalue weighted by Gasteiger charge is 2.31. The Morgan fingerprint density at radius 3 is 2.29 bits per heavy atom. The standard InChI is InChI=1S/C23H26F3N5O3/c1-16-13-19(32)21(27-31(16)18-6-4-5-17(14-18)23(24,25)26)22(34)30-11-9-28(10-12-30)15-20(33)29-7-2-3-8-29/h4-6,13-14H,2-3,7-12,15H2,1H3. The number of alkyl halides is 3. The Morgan fingerprint density at radius 1 is 0.971 bits per heavy atom. The van der Waals surface area contributed by atoms with Crippen molar-refractivity contribution in [2.75, 3.05) is 45.8 Å². The molecule has 2 amide bonds. The summed E-state index contributed by atoms with van der Waals surface area (Å²) in [5, 5.41) is 4.13. The maximum Gasteiger partial charge on any atom is 0.416 e. The van der Waals surface area contributed by atoms with Gasteiger partial charge in [0.25, 0.3) is 5.91 Å². The third kappa shape index (κ3) is 5.14. The first kappa shape index (κ1) is 23.9. The molecule has 0 bridgehead atoms. The highest BCUT2D eigenvalue weighted by molar-refractivity contribution is 5.92. The summed E-state index contributed by atoms with van der Waals surface area (Å²) in [6.45, 7) is 5.03. The smallest absolute Gasteiger partial charge is 0.342 e. The lowest BCUT2D eigenvalue weighted by Crippen LogP contribution is -2.52. The number of rotatable bonds is 4. The van der Waals surface area contributed by atoms with Crippen LogP contribution in [0.2, 0.25) is 0 Å². The maximum atomic E-state index is 13.1. The van der Waals surface area contributed by atoms with Gasteiger partial charge < -0.3 is 9.80 Å². The zero-order valence-electron chi connectivity index (χ0n) is 18.8. The highest BCUT2D eigenvalue weighted by Crippen LogP contribution is 2.30. The van der Waals surface area contributed by atoms with E-state index in [1.54, 1.807) is 6.92 Å². The normalized spacial score (nSPS) is 17.3. The second kappa shape index (κ2) is 9.57. The monoisotopic (exact) mass is 477 g/mol. The first-order valence-corrected chi connectivity index (χ1v) is 11.2. The molecule has 0 aliphatic carbocycles.